The average molecular weight is 521 g/mol. The van der Waals surface area contributed by atoms with Crippen LogP contribution in [0, 0.1) is 0 Å². The third-order valence-corrected chi connectivity index (χ3v) is 7.67. The third-order valence-electron chi connectivity index (χ3n) is 6.16. The van der Waals surface area contributed by atoms with Gasteiger partial charge in [-0.25, -0.2) is 13.1 Å². The van der Waals surface area contributed by atoms with E-state index >= 15 is 0 Å². The van der Waals surface area contributed by atoms with Crippen LogP contribution in [0.5, 0.6) is 0 Å². The summed E-state index contributed by atoms with van der Waals surface area (Å²) in [6.07, 6.45) is -8.86. The first-order valence-corrected chi connectivity index (χ1v) is 12.1. The number of carbonyl (C=O) groups is 1. The van der Waals surface area contributed by atoms with Crippen molar-refractivity contribution in [1.29, 1.82) is 0 Å². The lowest BCUT2D eigenvalue weighted by molar-refractivity contribution is -0.138. The predicted octanol–water partition coefficient (Wildman–Crippen LogP) is 3.60. The SMILES string of the molecule is O=C(c1ccc(C(F)(F)F)cc1)N1CCN2C[C@@H](NS(=O)(=O)c3cccc(C(F)(F)F)c3)C[C@H]2C1. The van der Waals surface area contributed by atoms with E-state index in [1.807, 2.05) is 4.90 Å². The van der Waals surface area contributed by atoms with E-state index in [0.717, 1.165) is 42.5 Å². The predicted molar refractivity (Wildman–Crippen MR) is 113 cm³/mol. The second kappa shape index (κ2) is 9.10. The van der Waals surface area contributed by atoms with Crippen LogP contribution >= 0.6 is 0 Å². The van der Waals surface area contributed by atoms with E-state index in [1.165, 1.54) is 4.90 Å². The average Bonchev–Trinajstić information content (AvgIpc) is 3.18. The number of carbonyl (C=O) groups excluding carboxylic acids is 1. The van der Waals surface area contributed by atoms with Crippen LogP contribution in [0.15, 0.2) is 53.4 Å². The summed E-state index contributed by atoms with van der Waals surface area (Å²) < 4.78 is 105. The van der Waals surface area contributed by atoms with Crippen LogP contribution in [-0.4, -0.2) is 62.4 Å². The van der Waals surface area contributed by atoms with Gasteiger partial charge in [0.05, 0.1) is 16.0 Å². The lowest BCUT2D eigenvalue weighted by Gasteiger charge is -2.37. The van der Waals surface area contributed by atoms with E-state index in [9.17, 15) is 39.6 Å². The maximum Gasteiger partial charge on any atom is 0.416 e. The number of halogens is 6. The quantitative estimate of drug-likeness (QED) is 0.625. The number of benzene rings is 2. The van der Waals surface area contributed by atoms with E-state index in [2.05, 4.69) is 4.72 Å². The Balaban J connectivity index is 1.40. The van der Waals surface area contributed by atoms with Crippen LogP contribution in [0.25, 0.3) is 0 Å². The Bertz CT molecular complexity index is 1200. The fourth-order valence-electron chi connectivity index (χ4n) is 4.42. The Morgan fingerprint density at radius 3 is 2.17 bits per heavy atom. The molecule has 0 radical (unpaired) electrons. The minimum Gasteiger partial charge on any atom is -0.336 e. The van der Waals surface area contributed by atoms with Crippen molar-refractivity contribution < 1.29 is 39.6 Å². The first-order valence-electron chi connectivity index (χ1n) is 10.6. The summed E-state index contributed by atoms with van der Waals surface area (Å²) in [7, 11) is -4.21. The summed E-state index contributed by atoms with van der Waals surface area (Å²) in [6, 6.07) is 6.65. The Morgan fingerprint density at radius 1 is 0.886 bits per heavy atom. The van der Waals surface area contributed by atoms with Gasteiger partial charge in [0.25, 0.3) is 5.91 Å². The number of fused-ring (bicyclic) bond motifs is 1. The van der Waals surface area contributed by atoms with E-state index in [1.54, 1.807) is 0 Å². The van der Waals surface area contributed by atoms with E-state index in [4.69, 9.17) is 0 Å². The van der Waals surface area contributed by atoms with Crippen molar-refractivity contribution >= 4 is 15.9 Å². The number of rotatable bonds is 4. The maximum atomic E-state index is 13.0. The van der Waals surface area contributed by atoms with Crippen molar-refractivity contribution in [2.45, 2.75) is 35.8 Å². The van der Waals surface area contributed by atoms with Gasteiger partial charge in [-0.05, 0) is 48.9 Å². The highest BCUT2D eigenvalue weighted by molar-refractivity contribution is 7.89. The highest BCUT2D eigenvalue weighted by Crippen LogP contribution is 2.32. The van der Waals surface area contributed by atoms with Crippen molar-refractivity contribution in [3.05, 3.63) is 65.2 Å². The van der Waals surface area contributed by atoms with Crippen LogP contribution in [-0.2, 0) is 22.4 Å². The van der Waals surface area contributed by atoms with Gasteiger partial charge >= 0.3 is 12.4 Å². The van der Waals surface area contributed by atoms with Crippen LogP contribution in [0.2, 0.25) is 0 Å². The van der Waals surface area contributed by atoms with Gasteiger partial charge in [-0.2, -0.15) is 26.3 Å². The minimum atomic E-state index is -4.68. The molecule has 6 nitrogen and oxygen atoms in total. The van der Waals surface area contributed by atoms with Crippen LogP contribution < -0.4 is 4.72 Å². The monoisotopic (exact) mass is 521 g/mol. The molecular formula is C22H21F6N3O3S. The Kier molecular flexibility index (Phi) is 6.62. The molecule has 13 heteroatoms. The van der Waals surface area contributed by atoms with Gasteiger partial charge in [-0.1, -0.05) is 6.07 Å². The highest BCUT2D eigenvalue weighted by atomic mass is 32.2. The van der Waals surface area contributed by atoms with Crippen LogP contribution in [0.3, 0.4) is 0 Å². The molecule has 0 aliphatic carbocycles. The van der Waals surface area contributed by atoms with Gasteiger partial charge in [0.1, 0.15) is 0 Å². The zero-order valence-corrected chi connectivity index (χ0v) is 18.9. The molecule has 0 saturated carbocycles. The molecule has 2 atom stereocenters. The number of hydrogen-bond donors (Lipinski definition) is 1. The van der Waals surface area contributed by atoms with Crippen LogP contribution in [0.4, 0.5) is 26.3 Å². The van der Waals surface area contributed by atoms with Crippen molar-refractivity contribution in [3.8, 4) is 0 Å². The zero-order valence-electron chi connectivity index (χ0n) is 18.1. The molecule has 2 aromatic carbocycles. The van der Waals surface area contributed by atoms with Crippen molar-refractivity contribution in [3.63, 3.8) is 0 Å². The summed E-state index contributed by atoms with van der Waals surface area (Å²) >= 11 is 0. The number of piperazine rings is 1. The second-order valence-corrected chi connectivity index (χ2v) is 10.3. The molecule has 0 bridgehead atoms. The van der Waals surface area contributed by atoms with Gasteiger partial charge in [0.2, 0.25) is 10.0 Å². The van der Waals surface area contributed by atoms with E-state index in [0.29, 0.717) is 32.1 Å². The molecule has 0 aromatic heterocycles. The summed E-state index contributed by atoms with van der Waals surface area (Å²) in [5.74, 6) is -0.425. The topological polar surface area (TPSA) is 69.7 Å². The van der Waals surface area contributed by atoms with Crippen LogP contribution in [0.1, 0.15) is 27.9 Å². The number of nitrogens with one attached hydrogen (secondary N) is 1. The smallest absolute Gasteiger partial charge is 0.336 e. The molecule has 35 heavy (non-hydrogen) atoms. The Hall–Kier alpha value is -2.64. The van der Waals surface area contributed by atoms with Gasteiger partial charge in [0.15, 0.2) is 0 Å². The first kappa shape index (κ1) is 25.5. The molecule has 2 heterocycles. The standard InChI is InChI=1S/C22H21F6N3O3S/c23-21(24,25)15-6-4-14(5-7-15)20(32)31-9-8-30-12-17(11-18(30)13-31)29-35(33,34)19-3-1-2-16(10-19)22(26,27)28/h1-7,10,17-18,29H,8-9,11-13H2/t17-,18-/m0/s1. The van der Waals surface area contributed by atoms with Gasteiger partial charge in [0, 0.05) is 43.8 Å². The zero-order chi connectivity index (χ0) is 25.6. The molecule has 2 fully saturated rings. The summed E-state index contributed by atoms with van der Waals surface area (Å²) in [5, 5.41) is 0. The highest BCUT2D eigenvalue weighted by Gasteiger charge is 2.40. The Labute approximate surface area is 197 Å². The first-order chi connectivity index (χ1) is 16.2. The summed E-state index contributed by atoms with van der Waals surface area (Å²) in [4.78, 5) is 15.8. The fraction of sp³-hybridized carbons (Fsp3) is 0.409. The van der Waals surface area contributed by atoms with Gasteiger partial charge in [-0.3, -0.25) is 9.69 Å². The lowest BCUT2D eigenvalue weighted by atomic mass is 10.1. The maximum absolute atomic E-state index is 13.0. The van der Waals surface area contributed by atoms with Crippen molar-refractivity contribution in [2.75, 3.05) is 26.2 Å². The number of sulfonamides is 1. The number of hydrogen-bond acceptors (Lipinski definition) is 4. The minimum absolute atomic E-state index is 0.117. The number of nitrogens with zero attached hydrogens (tertiary/aromatic N) is 2. The molecule has 2 aliphatic rings. The molecule has 1 N–H and O–H groups in total. The molecule has 2 aromatic rings. The molecule has 0 unspecified atom stereocenters. The summed E-state index contributed by atoms with van der Waals surface area (Å²) in [6.45, 7) is 1.31. The Morgan fingerprint density at radius 2 is 1.54 bits per heavy atom. The summed E-state index contributed by atoms with van der Waals surface area (Å²) in [5.41, 5.74) is -1.81. The molecule has 0 spiro atoms. The van der Waals surface area contributed by atoms with Gasteiger partial charge in [-0.15, -0.1) is 0 Å². The normalized spacial score (nSPS) is 21.7. The molecule has 190 valence electrons. The molecule has 1 amide bonds. The number of alkyl halides is 6. The third kappa shape index (κ3) is 5.62. The number of amides is 1. The largest absolute Gasteiger partial charge is 0.416 e. The van der Waals surface area contributed by atoms with Gasteiger partial charge < -0.3 is 4.90 Å². The van der Waals surface area contributed by atoms with Crippen molar-refractivity contribution in [2.24, 2.45) is 0 Å². The lowest BCUT2D eigenvalue weighted by Crippen LogP contribution is -2.52. The fourth-order valence-corrected chi connectivity index (χ4v) is 5.71. The molecule has 2 saturated heterocycles. The van der Waals surface area contributed by atoms with Crippen molar-refractivity contribution in [1.82, 2.24) is 14.5 Å². The molecule has 4 rings (SSSR count). The van der Waals surface area contributed by atoms with E-state index in [-0.39, 0.29) is 18.2 Å². The van der Waals surface area contributed by atoms with E-state index < -0.39 is 50.3 Å². The second-order valence-electron chi connectivity index (χ2n) is 8.55. The molecule has 2 aliphatic heterocycles. The molecular weight excluding hydrogens is 500 g/mol.